The van der Waals surface area contributed by atoms with E-state index >= 15 is 0 Å². The number of Topliss-reactive ketones (excluding diaryl/α,β-unsaturated/α-hetero) is 1. The molecule has 1 heterocycles. The molecule has 1 saturated heterocycles. The van der Waals surface area contributed by atoms with Gasteiger partial charge in [-0.05, 0) is 23.3 Å². The predicted molar refractivity (Wildman–Crippen MR) is 103 cm³/mol. The molecule has 4 rings (SSSR count). The minimum Gasteiger partial charge on any atom is -0.497 e. The van der Waals surface area contributed by atoms with E-state index in [1.807, 2.05) is 6.07 Å². The Bertz CT molecular complexity index is 964. The number of amides is 4. The van der Waals surface area contributed by atoms with Crippen LogP contribution in [-0.2, 0) is 14.4 Å². The molecule has 1 spiro atoms. The Morgan fingerprint density at radius 2 is 1.31 bits per heavy atom. The fourth-order valence-electron chi connectivity index (χ4n) is 4.57. The van der Waals surface area contributed by atoms with E-state index < -0.39 is 35.1 Å². The van der Waals surface area contributed by atoms with Crippen molar-refractivity contribution in [3.05, 3.63) is 65.7 Å². The van der Waals surface area contributed by atoms with Gasteiger partial charge < -0.3 is 4.74 Å². The van der Waals surface area contributed by atoms with E-state index in [2.05, 4.69) is 10.6 Å². The van der Waals surface area contributed by atoms with Crippen LogP contribution in [0.2, 0.25) is 0 Å². The molecule has 2 aromatic carbocycles. The van der Waals surface area contributed by atoms with Crippen molar-refractivity contribution in [3.8, 4) is 5.75 Å². The maximum Gasteiger partial charge on any atom is 0.328 e. The quantitative estimate of drug-likeness (QED) is 0.781. The van der Waals surface area contributed by atoms with Crippen LogP contribution in [-0.4, -0.2) is 30.7 Å². The number of ether oxygens (including phenoxy) is 1. The molecule has 0 bridgehead atoms. The number of nitrogens with one attached hydrogen (secondary N) is 2. The number of rotatable bonds is 3. The Morgan fingerprint density at radius 3 is 1.83 bits per heavy atom. The smallest absolute Gasteiger partial charge is 0.328 e. The van der Waals surface area contributed by atoms with Crippen molar-refractivity contribution in [2.24, 2.45) is 5.41 Å². The molecule has 2 aromatic rings. The Kier molecular flexibility index (Phi) is 4.66. The zero-order valence-electron chi connectivity index (χ0n) is 15.8. The monoisotopic (exact) mass is 392 g/mol. The van der Waals surface area contributed by atoms with Crippen molar-refractivity contribution in [3.63, 3.8) is 0 Å². The second-order valence-corrected chi connectivity index (χ2v) is 7.34. The third-order valence-corrected chi connectivity index (χ3v) is 5.89. The summed E-state index contributed by atoms with van der Waals surface area (Å²) in [6.07, 6.45) is 0.0798. The van der Waals surface area contributed by atoms with Crippen LogP contribution in [0.25, 0.3) is 0 Å². The SMILES string of the molecule is COc1ccc(C2CC(=O)CC(c3ccccc3)C23C(=O)NC(=O)NC3=O)cc1. The van der Waals surface area contributed by atoms with Gasteiger partial charge in [-0.3, -0.25) is 25.0 Å². The van der Waals surface area contributed by atoms with Gasteiger partial charge in [0, 0.05) is 24.7 Å². The number of ketones is 1. The molecular weight excluding hydrogens is 372 g/mol. The van der Waals surface area contributed by atoms with E-state index in [1.165, 1.54) is 0 Å². The summed E-state index contributed by atoms with van der Waals surface area (Å²) >= 11 is 0. The molecule has 2 unspecified atom stereocenters. The van der Waals surface area contributed by atoms with Crippen molar-refractivity contribution in [1.82, 2.24) is 10.6 Å². The molecule has 2 aliphatic rings. The standard InChI is InChI=1S/C22H20N2O5/c1-29-16-9-7-14(8-10-16)18-12-15(25)11-17(13-5-3-2-4-6-13)22(18)19(26)23-21(28)24-20(22)27/h2-10,17-18H,11-12H2,1H3,(H2,23,24,26,27,28). The number of imide groups is 2. The molecule has 7 nitrogen and oxygen atoms in total. The Balaban J connectivity index is 1.92. The largest absolute Gasteiger partial charge is 0.497 e. The lowest BCUT2D eigenvalue weighted by Crippen LogP contribution is -2.67. The fraction of sp³-hybridized carbons (Fsp3) is 0.273. The van der Waals surface area contributed by atoms with Gasteiger partial charge in [0.25, 0.3) is 0 Å². The first-order chi connectivity index (χ1) is 14.0. The molecule has 148 valence electrons. The van der Waals surface area contributed by atoms with E-state index in [9.17, 15) is 19.2 Å². The van der Waals surface area contributed by atoms with Crippen LogP contribution in [0.3, 0.4) is 0 Å². The Morgan fingerprint density at radius 1 is 0.793 bits per heavy atom. The summed E-state index contributed by atoms with van der Waals surface area (Å²) in [5, 5.41) is 4.52. The van der Waals surface area contributed by atoms with E-state index in [0.29, 0.717) is 16.9 Å². The summed E-state index contributed by atoms with van der Waals surface area (Å²) in [5.41, 5.74) is -0.240. The van der Waals surface area contributed by atoms with Crippen LogP contribution in [0.4, 0.5) is 4.79 Å². The molecule has 0 aromatic heterocycles. The van der Waals surface area contributed by atoms with E-state index in [-0.39, 0.29) is 18.6 Å². The number of carbonyl (C=O) groups is 4. The lowest BCUT2D eigenvalue weighted by atomic mass is 9.54. The lowest BCUT2D eigenvalue weighted by molar-refractivity contribution is -0.151. The van der Waals surface area contributed by atoms with Gasteiger partial charge in [-0.2, -0.15) is 0 Å². The van der Waals surface area contributed by atoms with Crippen LogP contribution in [0.5, 0.6) is 5.75 Å². The second kappa shape index (κ2) is 7.16. The van der Waals surface area contributed by atoms with E-state index in [4.69, 9.17) is 4.74 Å². The number of methoxy groups -OCH3 is 1. The maximum absolute atomic E-state index is 13.3. The Hall–Kier alpha value is -3.48. The molecule has 29 heavy (non-hydrogen) atoms. The van der Waals surface area contributed by atoms with Crippen LogP contribution >= 0.6 is 0 Å². The zero-order valence-corrected chi connectivity index (χ0v) is 15.8. The van der Waals surface area contributed by atoms with Gasteiger partial charge in [0.05, 0.1) is 7.11 Å². The molecule has 1 saturated carbocycles. The molecule has 2 N–H and O–H groups in total. The van der Waals surface area contributed by atoms with Crippen molar-refractivity contribution < 1.29 is 23.9 Å². The zero-order chi connectivity index (χ0) is 20.6. The van der Waals surface area contributed by atoms with Crippen molar-refractivity contribution in [1.29, 1.82) is 0 Å². The van der Waals surface area contributed by atoms with Crippen LogP contribution in [0.15, 0.2) is 54.6 Å². The van der Waals surface area contributed by atoms with Gasteiger partial charge in [-0.25, -0.2) is 4.79 Å². The third-order valence-electron chi connectivity index (χ3n) is 5.89. The molecule has 2 atom stereocenters. The molecule has 1 aliphatic heterocycles. The van der Waals surface area contributed by atoms with Crippen LogP contribution in [0.1, 0.15) is 35.8 Å². The lowest BCUT2D eigenvalue weighted by Gasteiger charge is -2.48. The highest BCUT2D eigenvalue weighted by Crippen LogP contribution is 2.55. The summed E-state index contributed by atoms with van der Waals surface area (Å²) in [5.74, 6) is -2.17. The van der Waals surface area contributed by atoms with Gasteiger partial charge in [0.15, 0.2) is 0 Å². The second-order valence-electron chi connectivity index (χ2n) is 7.34. The highest BCUT2D eigenvalue weighted by atomic mass is 16.5. The van der Waals surface area contributed by atoms with E-state index in [0.717, 1.165) is 0 Å². The van der Waals surface area contributed by atoms with Gasteiger partial charge in [0.2, 0.25) is 11.8 Å². The normalized spacial score (nSPS) is 23.5. The number of hydrogen-bond donors (Lipinski definition) is 2. The first-order valence-corrected chi connectivity index (χ1v) is 9.34. The first-order valence-electron chi connectivity index (χ1n) is 9.34. The van der Waals surface area contributed by atoms with Crippen molar-refractivity contribution in [2.45, 2.75) is 24.7 Å². The first kappa shape index (κ1) is 18.9. The number of urea groups is 1. The predicted octanol–water partition coefficient (Wildman–Crippen LogP) is 2.28. The van der Waals surface area contributed by atoms with Gasteiger partial charge >= 0.3 is 6.03 Å². The van der Waals surface area contributed by atoms with Crippen molar-refractivity contribution >= 4 is 23.6 Å². The van der Waals surface area contributed by atoms with E-state index in [1.54, 1.807) is 55.6 Å². The van der Waals surface area contributed by atoms with Crippen LogP contribution in [0, 0.1) is 5.41 Å². The summed E-state index contributed by atoms with van der Waals surface area (Å²) in [7, 11) is 1.54. The average Bonchev–Trinajstić information content (AvgIpc) is 2.72. The average molecular weight is 392 g/mol. The fourth-order valence-corrected chi connectivity index (χ4v) is 4.57. The number of barbiturate groups is 1. The third kappa shape index (κ3) is 2.99. The van der Waals surface area contributed by atoms with Crippen LogP contribution < -0.4 is 15.4 Å². The van der Waals surface area contributed by atoms with Gasteiger partial charge in [-0.1, -0.05) is 42.5 Å². The maximum atomic E-state index is 13.3. The summed E-state index contributed by atoms with van der Waals surface area (Å²) < 4.78 is 5.19. The number of carbonyl (C=O) groups excluding carboxylic acids is 4. The molecule has 0 radical (unpaired) electrons. The van der Waals surface area contributed by atoms with Gasteiger partial charge in [-0.15, -0.1) is 0 Å². The molecule has 1 aliphatic carbocycles. The van der Waals surface area contributed by atoms with Crippen molar-refractivity contribution in [2.75, 3.05) is 7.11 Å². The van der Waals surface area contributed by atoms with Gasteiger partial charge in [0.1, 0.15) is 16.9 Å². The Labute approximate surface area is 167 Å². The molecule has 4 amide bonds. The summed E-state index contributed by atoms with van der Waals surface area (Å²) in [4.78, 5) is 51.0. The summed E-state index contributed by atoms with van der Waals surface area (Å²) in [6.45, 7) is 0. The highest BCUT2D eigenvalue weighted by Gasteiger charge is 2.63. The topological polar surface area (TPSA) is 102 Å². The molecular formula is C22H20N2O5. The minimum atomic E-state index is -1.61. The molecule has 2 fully saturated rings. The number of benzene rings is 2. The number of hydrogen-bond acceptors (Lipinski definition) is 5. The minimum absolute atomic E-state index is 0.0324. The molecule has 7 heteroatoms. The highest BCUT2D eigenvalue weighted by molar-refractivity contribution is 6.21. The summed E-state index contributed by atoms with van der Waals surface area (Å²) in [6, 6.07) is 15.1.